The molecule has 0 nitrogen and oxygen atoms in total. The van der Waals surface area contributed by atoms with Crippen LogP contribution < -0.4 is 0 Å². The van der Waals surface area contributed by atoms with Crippen molar-refractivity contribution in [1.29, 1.82) is 0 Å². The van der Waals surface area contributed by atoms with E-state index in [1.165, 1.54) is 5.57 Å². The lowest BCUT2D eigenvalue weighted by Gasteiger charge is -1.80. The zero-order valence-electron chi connectivity index (χ0n) is 7.15. The van der Waals surface area contributed by atoms with Crippen LogP contribution in [0.25, 0.3) is 0 Å². The number of hydrogen-bond acceptors (Lipinski definition) is 0. The molecule has 0 bridgehead atoms. The first-order valence-electron chi connectivity index (χ1n) is 3.44. The molecule has 0 aromatic heterocycles. The summed E-state index contributed by atoms with van der Waals surface area (Å²) in [5.41, 5.74) is 2.37. The van der Waals surface area contributed by atoms with Gasteiger partial charge >= 0.3 is 0 Å². The van der Waals surface area contributed by atoms with Gasteiger partial charge in [0, 0.05) is 0 Å². The minimum Gasteiger partial charge on any atom is -0.0763 e. The smallest absolute Gasteiger partial charge is 0.00499 e. The van der Waals surface area contributed by atoms with Gasteiger partial charge in [0.25, 0.3) is 0 Å². The molecular formula is C10H14. The van der Waals surface area contributed by atoms with Crippen LogP contribution in [0.1, 0.15) is 27.7 Å². The average molecular weight is 134 g/mol. The maximum absolute atomic E-state index is 3.00. The third-order valence-electron chi connectivity index (χ3n) is 1.06. The van der Waals surface area contributed by atoms with E-state index in [-0.39, 0.29) is 0 Å². The van der Waals surface area contributed by atoms with Crippen LogP contribution in [0.5, 0.6) is 0 Å². The van der Waals surface area contributed by atoms with Crippen LogP contribution in [0.4, 0.5) is 0 Å². The maximum atomic E-state index is 3.00. The Kier molecular flexibility index (Phi) is 4.41. The molecule has 0 fully saturated rings. The molecule has 0 heterocycles. The second-order valence-electron chi connectivity index (χ2n) is 2.46. The molecule has 0 aliphatic rings. The van der Waals surface area contributed by atoms with Crippen LogP contribution in [0, 0.1) is 11.8 Å². The molecule has 0 saturated heterocycles. The minimum atomic E-state index is 1.12. The molecule has 0 aromatic carbocycles. The van der Waals surface area contributed by atoms with Crippen molar-refractivity contribution in [2.24, 2.45) is 0 Å². The lowest BCUT2D eigenvalue weighted by atomic mass is 10.3. The third kappa shape index (κ3) is 5.18. The first kappa shape index (κ1) is 9.04. The van der Waals surface area contributed by atoms with E-state index in [9.17, 15) is 0 Å². The molecule has 0 N–H and O–H groups in total. The molecule has 0 amide bonds. The van der Waals surface area contributed by atoms with Gasteiger partial charge in [0.1, 0.15) is 0 Å². The van der Waals surface area contributed by atoms with Gasteiger partial charge in [-0.25, -0.2) is 0 Å². The lowest BCUT2D eigenvalue weighted by molar-refractivity contribution is 1.40. The standard InChI is InChI=1S/C10H14/c1-5-10(4)8-6-7-9(2)3/h5,7H,1-4H3/b10-5+. The van der Waals surface area contributed by atoms with Gasteiger partial charge in [-0.05, 0) is 39.3 Å². The molecular weight excluding hydrogens is 120 g/mol. The zero-order chi connectivity index (χ0) is 7.98. The molecule has 0 unspecified atom stereocenters. The molecule has 0 aliphatic heterocycles. The monoisotopic (exact) mass is 134 g/mol. The fourth-order valence-corrected chi connectivity index (χ4v) is 0.366. The van der Waals surface area contributed by atoms with E-state index >= 15 is 0 Å². The molecule has 0 aliphatic carbocycles. The van der Waals surface area contributed by atoms with E-state index in [0.29, 0.717) is 0 Å². The van der Waals surface area contributed by atoms with E-state index in [4.69, 9.17) is 0 Å². The molecule has 0 heteroatoms. The Morgan fingerprint density at radius 3 is 2.20 bits per heavy atom. The summed E-state index contributed by atoms with van der Waals surface area (Å²) >= 11 is 0. The maximum Gasteiger partial charge on any atom is -0.00499 e. The Bertz CT molecular complexity index is 202. The van der Waals surface area contributed by atoms with Gasteiger partial charge in [-0.3, -0.25) is 0 Å². The Balaban J connectivity index is 4.07. The molecule has 10 heavy (non-hydrogen) atoms. The molecule has 0 rings (SSSR count). The fraction of sp³-hybridized carbons (Fsp3) is 0.400. The summed E-state index contributed by atoms with van der Waals surface area (Å²) in [6, 6.07) is 0. The second kappa shape index (κ2) is 4.88. The Morgan fingerprint density at radius 2 is 1.80 bits per heavy atom. The summed E-state index contributed by atoms with van der Waals surface area (Å²) in [5.74, 6) is 5.95. The Morgan fingerprint density at radius 1 is 1.20 bits per heavy atom. The highest BCUT2D eigenvalue weighted by Crippen LogP contribution is 1.89. The van der Waals surface area contributed by atoms with Gasteiger partial charge in [-0.2, -0.15) is 0 Å². The van der Waals surface area contributed by atoms with E-state index in [2.05, 4.69) is 11.8 Å². The molecule has 0 spiro atoms. The molecule has 0 atom stereocenters. The number of allylic oxidation sites excluding steroid dienone is 4. The van der Waals surface area contributed by atoms with Crippen molar-refractivity contribution in [2.75, 3.05) is 0 Å². The SMILES string of the molecule is C/C=C(\C)C#CC=C(C)C. The van der Waals surface area contributed by atoms with Crippen molar-refractivity contribution < 1.29 is 0 Å². The molecule has 0 aromatic rings. The van der Waals surface area contributed by atoms with Crippen molar-refractivity contribution >= 4 is 0 Å². The quantitative estimate of drug-likeness (QED) is 0.447. The summed E-state index contributed by atoms with van der Waals surface area (Å²) in [6.07, 6.45) is 3.93. The predicted octanol–water partition coefficient (Wildman–Crippen LogP) is 2.92. The predicted molar refractivity (Wildman–Crippen MR) is 46.6 cm³/mol. The Hall–Kier alpha value is -0.960. The van der Waals surface area contributed by atoms with Crippen molar-refractivity contribution in [3.8, 4) is 11.8 Å². The summed E-state index contributed by atoms with van der Waals surface area (Å²) in [5, 5.41) is 0. The van der Waals surface area contributed by atoms with Gasteiger partial charge in [0.05, 0.1) is 0 Å². The van der Waals surface area contributed by atoms with Gasteiger partial charge in [0.2, 0.25) is 0 Å². The summed E-state index contributed by atoms with van der Waals surface area (Å²) in [4.78, 5) is 0. The van der Waals surface area contributed by atoms with Crippen molar-refractivity contribution in [1.82, 2.24) is 0 Å². The second-order valence-corrected chi connectivity index (χ2v) is 2.46. The molecule has 0 saturated carbocycles. The summed E-state index contributed by atoms with van der Waals surface area (Å²) in [7, 11) is 0. The first-order chi connectivity index (χ1) is 4.66. The van der Waals surface area contributed by atoms with Crippen LogP contribution in [0.15, 0.2) is 23.3 Å². The first-order valence-corrected chi connectivity index (χ1v) is 3.44. The largest absolute Gasteiger partial charge is 0.0763 e. The van der Waals surface area contributed by atoms with Crippen LogP contribution >= 0.6 is 0 Å². The topological polar surface area (TPSA) is 0 Å². The average Bonchev–Trinajstić information content (AvgIpc) is 1.87. The third-order valence-corrected chi connectivity index (χ3v) is 1.06. The van der Waals surface area contributed by atoms with Crippen LogP contribution in [-0.4, -0.2) is 0 Å². The van der Waals surface area contributed by atoms with Gasteiger partial charge in [-0.1, -0.05) is 23.5 Å². The lowest BCUT2D eigenvalue weighted by Crippen LogP contribution is -1.65. The summed E-state index contributed by atoms with van der Waals surface area (Å²) in [6.45, 7) is 8.08. The number of hydrogen-bond donors (Lipinski definition) is 0. The van der Waals surface area contributed by atoms with Gasteiger partial charge in [-0.15, -0.1) is 0 Å². The van der Waals surface area contributed by atoms with Gasteiger partial charge < -0.3 is 0 Å². The van der Waals surface area contributed by atoms with Gasteiger partial charge in [0.15, 0.2) is 0 Å². The van der Waals surface area contributed by atoms with E-state index in [1.807, 2.05) is 39.8 Å². The number of rotatable bonds is 0. The minimum absolute atomic E-state index is 1.12. The van der Waals surface area contributed by atoms with Crippen molar-refractivity contribution in [3.63, 3.8) is 0 Å². The van der Waals surface area contributed by atoms with E-state index in [1.54, 1.807) is 0 Å². The highest BCUT2D eigenvalue weighted by atomic mass is 13.8. The molecule has 54 valence electrons. The molecule has 0 radical (unpaired) electrons. The van der Waals surface area contributed by atoms with Crippen LogP contribution in [-0.2, 0) is 0 Å². The highest BCUT2D eigenvalue weighted by molar-refractivity contribution is 5.31. The fourth-order valence-electron chi connectivity index (χ4n) is 0.366. The van der Waals surface area contributed by atoms with E-state index in [0.717, 1.165) is 5.57 Å². The zero-order valence-corrected chi connectivity index (χ0v) is 7.15. The van der Waals surface area contributed by atoms with Crippen LogP contribution in [0.2, 0.25) is 0 Å². The van der Waals surface area contributed by atoms with E-state index < -0.39 is 0 Å². The highest BCUT2D eigenvalue weighted by Gasteiger charge is 1.72. The summed E-state index contributed by atoms with van der Waals surface area (Å²) < 4.78 is 0. The Labute approximate surface area is 63.6 Å². The van der Waals surface area contributed by atoms with Crippen LogP contribution in [0.3, 0.4) is 0 Å². The van der Waals surface area contributed by atoms with Crippen molar-refractivity contribution in [3.05, 3.63) is 23.3 Å². The van der Waals surface area contributed by atoms with Crippen molar-refractivity contribution in [2.45, 2.75) is 27.7 Å². The normalized spacial score (nSPS) is 9.80.